The van der Waals surface area contributed by atoms with Crippen LogP contribution in [0, 0.1) is 0 Å². The number of rotatable bonds is 8. The summed E-state index contributed by atoms with van der Waals surface area (Å²) in [6, 6.07) is 83.1. The van der Waals surface area contributed by atoms with Gasteiger partial charge >= 0.3 is 0 Å². The highest BCUT2D eigenvalue weighted by Crippen LogP contribution is 2.46. The molecule has 0 fully saturated rings. The Hall–Kier alpha value is -8.97. The summed E-state index contributed by atoms with van der Waals surface area (Å²) in [4.78, 5) is 12.5. The standard InChI is InChI=1S/C65H43N5S/c1-66-64(47-31-34-61-53(38-47)51-26-14-16-28-59(51)70(61)49-23-9-4-10-24-49)65-56(40-63(71-65)42-17-5-2-6-18-42)67-41-68-57-32-29-45(37-54(57)55-35-43-19-11-12-20-44(43)39-62(55)68)46-30-33-60-52(36-46)50-25-13-15-27-58(50)69(60)48-21-7-3-8-22-48/h2-40H,1,41H2/b65-64+,67-56-. The van der Waals surface area contributed by atoms with Crippen molar-refractivity contribution in [3.05, 3.63) is 253 Å². The number of aromatic nitrogens is 3. The number of hydrogen-bond acceptors (Lipinski definition) is 3. The monoisotopic (exact) mass is 925 g/mol. The number of fused-ring (bicyclic) bond motifs is 10. The molecule has 0 atom stereocenters. The van der Waals surface area contributed by atoms with Gasteiger partial charge in [-0.05, 0) is 125 Å². The topological polar surface area (TPSA) is 39.5 Å². The van der Waals surface area contributed by atoms with Gasteiger partial charge in [0.25, 0.3) is 0 Å². The lowest BCUT2D eigenvalue weighted by molar-refractivity contribution is 0.794. The van der Waals surface area contributed by atoms with Gasteiger partial charge in [-0.15, -0.1) is 0 Å². The first-order valence-electron chi connectivity index (χ1n) is 24.0. The molecule has 0 saturated heterocycles. The molecule has 71 heavy (non-hydrogen) atoms. The molecule has 0 spiro atoms. The summed E-state index contributed by atoms with van der Waals surface area (Å²) >= 11 is 1.72. The molecule has 0 radical (unpaired) electrons. The highest BCUT2D eigenvalue weighted by molar-refractivity contribution is 8.13. The van der Waals surface area contributed by atoms with E-state index in [4.69, 9.17) is 9.98 Å². The van der Waals surface area contributed by atoms with E-state index in [2.05, 4.69) is 257 Å². The number of nitrogens with zero attached hydrogens (tertiary/aromatic N) is 5. The quantitative estimate of drug-likeness (QED) is 0.140. The summed E-state index contributed by atoms with van der Waals surface area (Å²) < 4.78 is 7.10. The molecule has 6 heteroatoms. The van der Waals surface area contributed by atoms with Gasteiger partial charge in [-0.3, -0.25) is 9.98 Å². The van der Waals surface area contributed by atoms with Crippen molar-refractivity contribution < 1.29 is 0 Å². The molecular formula is C65H43N5S. The largest absolute Gasteiger partial charge is 0.320 e. The molecule has 10 aromatic carbocycles. The molecule has 0 amide bonds. The fourth-order valence-electron chi connectivity index (χ4n) is 11.0. The molecule has 0 unspecified atom stereocenters. The number of allylic oxidation sites excluding steroid dienone is 2. The third kappa shape index (κ3) is 6.71. The lowest BCUT2D eigenvalue weighted by Gasteiger charge is -2.11. The van der Waals surface area contributed by atoms with E-state index < -0.39 is 0 Å². The van der Waals surface area contributed by atoms with E-state index in [1.54, 1.807) is 11.8 Å². The summed E-state index contributed by atoms with van der Waals surface area (Å²) in [6.45, 7) is 4.61. The molecular weight excluding hydrogens is 883 g/mol. The first kappa shape index (κ1) is 41.0. The summed E-state index contributed by atoms with van der Waals surface area (Å²) in [7, 11) is 0. The zero-order valence-corrected chi connectivity index (χ0v) is 39.4. The molecule has 3 aromatic heterocycles. The Morgan fingerprint density at radius 2 is 0.901 bits per heavy atom. The maximum atomic E-state index is 5.55. The van der Waals surface area contributed by atoms with Crippen molar-refractivity contribution in [2.45, 2.75) is 6.67 Å². The van der Waals surface area contributed by atoms with Crippen molar-refractivity contribution in [1.29, 1.82) is 0 Å². The zero-order chi connectivity index (χ0) is 47.0. The number of benzene rings is 10. The Labute approximate surface area is 414 Å². The van der Waals surface area contributed by atoms with Gasteiger partial charge in [0.2, 0.25) is 0 Å². The van der Waals surface area contributed by atoms with Crippen LogP contribution >= 0.6 is 11.8 Å². The van der Waals surface area contributed by atoms with E-state index in [0.717, 1.165) is 71.2 Å². The second-order valence-corrected chi connectivity index (χ2v) is 19.3. The minimum Gasteiger partial charge on any atom is -0.320 e. The minimum atomic E-state index is 0.411. The molecule has 14 rings (SSSR count). The SMILES string of the molecule is C=N/C(=C1/SC(c2ccccc2)=C/C1=N/Cn1c2ccc(-c3ccc4c(c3)c3ccccc3n4-c3ccccc3)cc2c2cc3ccccc3cc21)c1ccc2c(c1)c1ccccc1n2-c1ccccc1. The van der Waals surface area contributed by atoms with Crippen molar-refractivity contribution in [2.24, 2.45) is 9.98 Å². The van der Waals surface area contributed by atoms with Gasteiger partial charge in [0, 0.05) is 54.2 Å². The Morgan fingerprint density at radius 1 is 0.408 bits per heavy atom. The number of thioether (sulfide) groups is 1. The van der Waals surface area contributed by atoms with Gasteiger partial charge in [-0.2, -0.15) is 0 Å². The highest BCUT2D eigenvalue weighted by Gasteiger charge is 2.25. The van der Waals surface area contributed by atoms with Gasteiger partial charge in [-0.1, -0.05) is 157 Å². The molecule has 0 saturated carbocycles. The lowest BCUT2D eigenvalue weighted by atomic mass is 10.00. The van der Waals surface area contributed by atoms with E-state index in [1.807, 2.05) is 0 Å². The van der Waals surface area contributed by atoms with Crippen LogP contribution in [-0.2, 0) is 6.67 Å². The Morgan fingerprint density at radius 3 is 1.54 bits per heavy atom. The fraction of sp³-hybridized carbons (Fsp3) is 0.0154. The molecule has 1 aliphatic rings. The van der Waals surface area contributed by atoms with Crippen LogP contribution < -0.4 is 0 Å². The normalized spacial score (nSPS) is 14.3. The van der Waals surface area contributed by atoms with Crippen LogP contribution in [0.4, 0.5) is 0 Å². The van der Waals surface area contributed by atoms with Crippen molar-refractivity contribution in [1.82, 2.24) is 13.7 Å². The average molecular weight is 926 g/mol. The summed E-state index contributed by atoms with van der Waals surface area (Å²) in [5.74, 6) is 0. The molecule has 0 N–H and O–H groups in total. The second kappa shape index (κ2) is 16.6. The van der Waals surface area contributed by atoms with Crippen molar-refractivity contribution in [2.75, 3.05) is 0 Å². The van der Waals surface area contributed by atoms with Gasteiger partial charge in [0.1, 0.15) is 6.67 Å². The third-order valence-electron chi connectivity index (χ3n) is 14.2. The molecule has 334 valence electrons. The first-order chi connectivity index (χ1) is 35.2. The third-order valence-corrected chi connectivity index (χ3v) is 15.4. The summed E-state index contributed by atoms with van der Waals surface area (Å²) in [5, 5.41) is 9.64. The second-order valence-electron chi connectivity index (χ2n) is 18.2. The van der Waals surface area contributed by atoms with Crippen LogP contribution in [0.25, 0.3) is 109 Å². The summed E-state index contributed by atoms with van der Waals surface area (Å²) in [6.07, 6.45) is 2.23. The van der Waals surface area contributed by atoms with Crippen LogP contribution in [-0.4, -0.2) is 26.1 Å². The van der Waals surface area contributed by atoms with Crippen LogP contribution in [0.15, 0.2) is 251 Å². The predicted octanol–water partition coefficient (Wildman–Crippen LogP) is 17.1. The number of aliphatic imine (C=N–C) groups is 2. The van der Waals surface area contributed by atoms with Gasteiger partial charge in [-0.25, -0.2) is 0 Å². The lowest BCUT2D eigenvalue weighted by Crippen LogP contribution is -2.01. The van der Waals surface area contributed by atoms with E-state index in [9.17, 15) is 0 Å². The maximum Gasteiger partial charge on any atom is 0.115 e. The average Bonchev–Trinajstić information content (AvgIpc) is 4.18. The van der Waals surface area contributed by atoms with Crippen LogP contribution in [0.5, 0.6) is 0 Å². The van der Waals surface area contributed by atoms with Gasteiger partial charge in [0.15, 0.2) is 0 Å². The van der Waals surface area contributed by atoms with E-state index in [-0.39, 0.29) is 0 Å². The molecule has 1 aliphatic heterocycles. The van der Waals surface area contributed by atoms with Crippen molar-refractivity contribution in [3.63, 3.8) is 0 Å². The molecule has 0 aliphatic carbocycles. The number of para-hydroxylation sites is 4. The van der Waals surface area contributed by atoms with Gasteiger partial charge in [0.05, 0.1) is 49.4 Å². The predicted molar refractivity (Wildman–Crippen MR) is 303 cm³/mol. The summed E-state index contributed by atoms with van der Waals surface area (Å²) in [5.41, 5.74) is 15.5. The molecule has 0 bridgehead atoms. The van der Waals surface area contributed by atoms with Gasteiger partial charge < -0.3 is 13.7 Å². The molecule has 4 heterocycles. The van der Waals surface area contributed by atoms with Crippen molar-refractivity contribution in [3.8, 4) is 22.5 Å². The first-order valence-corrected chi connectivity index (χ1v) is 24.8. The Kier molecular flexibility index (Phi) is 9.61. The minimum absolute atomic E-state index is 0.411. The van der Waals surface area contributed by atoms with Crippen LogP contribution in [0.3, 0.4) is 0 Å². The van der Waals surface area contributed by atoms with Crippen molar-refractivity contribution >= 4 is 111 Å². The van der Waals surface area contributed by atoms with Crippen LogP contribution in [0.1, 0.15) is 11.1 Å². The van der Waals surface area contributed by atoms with E-state index in [1.165, 1.54) is 59.9 Å². The van der Waals surface area contributed by atoms with Crippen LogP contribution in [0.2, 0.25) is 0 Å². The Bertz CT molecular complexity index is 4400. The van der Waals surface area contributed by atoms with E-state index >= 15 is 0 Å². The molecule has 13 aromatic rings. The highest BCUT2D eigenvalue weighted by atomic mass is 32.2. The number of hydrogen-bond donors (Lipinski definition) is 0. The maximum absolute atomic E-state index is 5.55. The fourth-order valence-corrected chi connectivity index (χ4v) is 12.1. The molecule has 5 nitrogen and oxygen atoms in total. The van der Waals surface area contributed by atoms with E-state index in [0.29, 0.717) is 6.67 Å². The Balaban J connectivity index is 0.918. The zero-order valence-electron chi connectivity index (χ0n) is 38.6. The smallest absolute Gasteiger partial charge is 0.115 e.